The van der Waals surface area contributed by atoms with Crippen molar-refractivity contribution in [2.45, 2.75) is 30.7 Å². The van der Waals surface area contributed by atoms with E-state index in [2.05, 4.69) is 5.32 Å². The average Bonchev–Trinajstić information content (AvgIpc) is 2.80. The molecule has 0 unspecified atom stereocenters. The summed E-state index contributed by atoms with van der Waals surface area (Å²) in [6, 6.07) is 7.57. The Kier molecular flexibility index (Phi) is 6.34. The van der Waals surface area contributed by atoms with Gasteiger partial charge in [0, 0.05) is 19.0 Å². The summed E-state index contributed by atoms with van der Waals surface area (Å²) in [5, 5.41) is 2.96. The minimum Gasteiger partial charge on any atom is -0.486 e. The van der Waals surface area contributed by atoms with Crippen LogP contribution in [0.5, 0.6) is 11.5 Å². The van der Waals surface area contributed by atoms with Crippen molar-refractivity contribution in [3.8, 4) is 11.5 Å². The van der Waals surface area contributed by atoms with E-state index in [0.717, 1.165) is 22.0 Å². The van der Waals surface area contributed by atoms with Crippen molar-refractivity contribution in [1.82, 2.24) is 9.62 Å². The van der Waals surface area contributed by atoms with E-state index in [9.17, 15) is 22.0 Å². The smallest absolute Gasteiger partial charge is 0.246 e. The fourth-order valence-corrected chi connectivity index (χ4v) is 5.46. The number of fused-ring (bicyclic) bond motifs is 1. The van der Waals surface area contributed by atoms with E-state index >= 15 is 0 Å². The monoisotopic (exact) mass is 466 g/mol. The van der Waals surface area contributed by atoms with Gasteiger partial charge in [-0.05, 0) is 55.7 Å². The molecule has 1 atom stereocenters. The van der Waals surface area contributed by atoms with Crippen LogP contribution in [0.15, 0.2) is 41.3 Å². The highest BCUT2D eigenvalue weighted by Crippen LogP contribution is 2.33. The predicted octanol–water partition coefficient (Wildman–Crippen LogP) is 3.01. The van der Waals surface area contributed by atoms with E-state index < -0.39 is 26.6 Å². The SMILES string of the molecule is C[C@H](NC(=O)C1CCN(S(=O)(=O)c2cc(F)ccc2F)CC1)c1ccc2c(c1)OCCO2. The number of carbonyl (C=O) groups is 1. The lowest BCUT2D eigenvalue weighted by atomic mass is 9.96. The Morgan fingerprint density at radius 3 is 2.47 bits per heavy atom. The van der Waals surface area contributed by atoms with Gasteiger partial charge in [-0.2, -0.15) is 4.31 Å². The second-order valence-electron chi connectivity index (χ2n) is 7.89. The Balaban J connectivity index is 1.37. The van der Waals surface area contributed by atoms with Crippen molar-refractivity contribution in [3.63, 3.8) is 0 Å². The van der Waals surface area contributed by atoms with Gasteiger partial charge >= 0.3 is 0 Å². The standard InChI is InChI=1S/C22H24F2N2O5S/c1-14(16-2-5-19-20(12-16)31-11-10-30-19)25-22(27)15-6-8-26(9-7-15)32(28,29)21-13-17(23)3-4-18(21)24/h2-5,12-15H,6-11H2,1H3,(H,25,27)/t14-/m0/s1. The van der Waals surface area contributed by atoms with Crippen molar-refractivity contribution >= 4 is 15.9 Å². The summed E-state index contributed by atoms with van der Waals surface area (Å²) in [4.78, 5) is 12.1. The molecule has 1 fully saturated rings. The summed E-state index contributed by atoms with van der Waals surface area (Å²) in [5.41, 5.74) is 0.865. The first-order valence-electron chi connectivity index (χ1n) is 10.4. The molecule has 4 rings (SSSR count). The molecule has 0 spiro atoms. The molecule has 10 heteroatoms. The highest BCUT2D eigenvalue weighted by Gasteiger charge is 2.34. The van der Waals surface area contributed by atoms with Crippen molar-refractivity contribution < 1.29 is 31.5 Å². The molecule has 1 saturated heterocycles. The number of carbonyl (C=O) groups excluding carboxylic acids is 1. The van der Waals surface area contributed by atoms with Crippen molar-refractivity contribution in [1.29, 1.82) is 0 Å². The number of hydrogen-bond donors (Lipinski definition) is 1. The van der Waals surface area contributed by atoms with E-state index in [-0.39, 0.29) is 43.8 Å². The summed E-state index contributed by atoms with van der Waals surface area (Å²) in [5.74, 6) is -1.08. The van der Waals surface area contributed by atoms with Crippen LogP contribution in [0.4, 0.5) is 8.78 Å². The zero-order chi connectivity index (χ0) is 22.9. The molecule has 0 radical (unpaired) electrons. The Bertz CT molecular complexity index is 1120. The highest BCUT2D eigenvalue weighted by molar-refractivity contribution is 7.89. The van der Waals surface area contributed by atoms with Gasteiger partial charge in [-0.3, -0.25) is 4.79 Å². The maximum atomic E-state index is 14.0. The van der Waals surface area contributed by atoms with Gasteiger partial charge in [-0.15, -0.1) is 0 Å². The third kappa shape index (κ3) is 4.56. The third-order valence-electron chi connectivity index (χ3n) is 5.76. The van der Waals surface area contributed by atoms with E-state index in [0.29, 0.717) is 30.8 Å². The molecule has 0 aromatic heterocycles. The number of amides is 1. The van der Waals surface area contributed by atoms with Gasteiger partial charge in [0.1, 0.15) is 29.7 Å². The summed E-state index contributed by atoms with van der Waals surface area (Å²) >= 11 is 0. The van der Waals surface area contributed by atoms with Gasteiger partial charge < -0.3 is 14.8 Å². The molecule has 0 aliphatic carbocycles. The minimum absolute atomic E-state index is 0.0504. The number of benzene rings is 2. The molecule has 1 amide bonds. The quantitative estimate of drug-likeness (QED) is 0.732. The molecule has 1 N–H and O–H groups in total. The van der Waals surface area contributed by atoms with Crippen LogP contribution in [0, 0.1) is 17.6 Å². The summed E-state index contributed by atoms with van der Waals surface area (Å²) in [6.45, 7) is 2.93. The lowest BCUT2D eigenvalue weighted by Crippen LogP contribution is -2.43. The number of rotatable bonds is 5. The van der Waals surface area contributed by atoms with Crippen LogP contribution in [-0.4, -0.2) is 44.9 Å². The van der Waals surface area contributed by atoms with Gasteiger partial charge in [0.05, 0.1) is 6.04 Å². The van der Waals surface area contributed by atoms with E-state index in [4.69, 9.17) is 9.47 Å². The number of hydrogen-bond acceptors (Lipinski definition) is 5. The van der Waals surface area contributed by atoms with Gasteiger partial charge in [-0.1, -0.05) is 6.07 Å². The maximum absolute atomic E-state index is 14.0. The van der Waals surface area contributed by atoms with Crippen LogP contribution >= 0.6 is 0 Å². The normalized spacial score (nSPS) is 18.2. The molecule has 2 aliphatic heterocycles. The highest BCUT2D eigenvalue weighted by atomic mass is 32.2. The third-order valence-corrected chi connectivity index (χ3v) is 7.67. The molecule has 32 heavy (non-hydrogen) atoms. The first kappa shape index (κ1) is 22.5. The number of nitrogens with one attached hydrogen (secondary N) is 1. The summed E-state index contributed by atoms with van der Waals surface area (Å²) in [6.07, 6.45) is 0.575. The van der Waals surface area contributed by atoms with Crippen LogP contribution in [0.3, 0.4) is 0 Å². The molecule has 2 aromatic carbocycles. The van der Waals surface area contributed by atoms with Crippen LogP contribution < -0.4 is 14.8 Å². The molecular weight excluding hydrogens is 442 g/mol. The molecule has 0 saturated carbocycles. The zero-order valence-electron chi connectivity index (χ0n) is 17.5. The predicted molar refractivity (Wildman–Crippen MR) is 112 cm³/mol. The maximum Gasteiger partial charge on any atom is 0.246 e. The number of nitrogens with zero attached hydrogens (tertiary/aromatic N) is 1. The Morgan fingerprint density at radius 2 is 1.75 bits per heavy atom. The second kappa shape index (κ2) is 9.03. The molecule has 0 bridgehead atoms. The second-order valence-corrected chi connectivity index (χ2v) is 9.79. The first-order valence-corrected chi connectivity index (χ1v) is 11.8. The number of piperidine rings is 1. The van der Waals surface area contributed by atoms with Gasteiger partial charge in [0.2, 0.25) is 15.9 Å². The van der Waals surface area contributed by atoms with E-state index in [1.54, 1.807) is 6.07 Å². The number of halogens is 2. The Labute approximate surface area is 185 Å². The lowest BCUT2D eigenvalue weighted by molar-refractivity contribution is -0.126. The van der Waals surface area contributed by atoms with Crippen molar-refractivity contribution in [2.75, 3.05) is 26.3 Å². The Hall–Kier alpha value is -2.72. The van der Waals surface area contributed by atoms with Gasteiger partial charge in [0.25, 0.3) is 0 Å². The Morgan fingerprint density at radius 1 is 1.06 bits per heavy atom. The zero-order valence-corrected chi connectivity index (χ0v) is 18.3. The molecule has 2 aromatic rings. The molecule has 2 heterocycles. The van der Waals surface area contributed by atoms with Gasteiger partial charge in [-0.25, -0.2) is 17.2 Å². The fourth-order valence-electron chi connectivity index (χ4n) is 3.92. The topological polar surface area (TPSA) is 84.9 Å². The summed E-state index contributed by atoms with van der Waals surface area (Å²) < 4.78 is 65.0. The fraction of sp³-hybridized carbons (Fsp3) is 0.409. The molecular formula is C22H24F2N2O5S. The van der Waals surface area contributed by atoms with Crippen LogP contribution in [0.1, 0.15) is 31.4 Å². The molecule has 2 aliphatic rings. The summed E-state index contributed by atoms with van der Waals surface area (Å²) in [7, 11) is -4.18. The van der Waals surface area contributed by atoms with Crippen molar-refractivity contribution in [2.24, 2.45) is 5.92 Å². The van der Waals surface area contributed by atoms with Crippen LogP contribution in [-0.2, 0) is 14.8 Å². The number of ether oxygens (including phenoxy) is 2. The average molecular weight is 467 g/mol. The number of sulfonamides is 1. The minimum atomic E-state index is -4.18. The molecule has 172 valence electrons. The molecule has 7 nitrogen and oxygen atoms in total. The van der Waals surface area contributed by atoms with Crippen LogP contribution in [0.25, 0.3) is 0 Å². The lowest BCUT2D eigenvalue weighted by Gasteiger charge is -2.31. The van der Waals surface area contributed by atoms with Crippen molar-refractivity contribution in [3.05, 3.63) is 53.6 Å². The largest absolute Gasteiger partial charge is 0.486 e. The van der Waals surface area contributed by atoms with Gasteiger partial charge in [0.15, 0.2) is 11.5 Å². The first-order chi connectivity index (χ1) is 15.3. The van der Waals surface area contributed by atoms with E-state index in [1.807, 2.05) is 19.1 Å². The van der Waals surface area contributed by atoms with E-state index in [1.165, 1.54) is 0 Å². The van der Waals surface area contributed by atoms with Crippen LogP contribution in [0.2, 0.25) is 0 Å².